The number of aliphatic hydroxyl groups is 1. The number of hydrogen-bond donors (Lipinski definition) is 1. The van der Waals surface area contributed by atoms with Crippen molar-refractivity contribution >= 4 is 0 Å². The van der Waals surface area contributed by atoms with Gasteiger partial charge >= 0.3 is 0 Å². The molecule has 22 heavy (non-hydrogen) atoms. The van der Waals surface area contributed by atoms with E-state index in [9.17, 15) is 9.50 Å². The number of hydrogen-bond acceptors (Lipinski definition) is 4. The number of aromatic nitrogens is 3. The lowest BCUT2D eigenvalue weighted by Gasteiger charge is -2.29. The summed E-state index contributed by atoms with van der Waals surface area (Å²) < 4.78 is 20.9. The van der Waals surface area contributed by atoms with Crippen LogP contribution in [0.5, 0.6) is 5.75 Å². The summed E-state index contributed by atoms with van der Waals surface area (Å²) in [5.41, 5.74) is -0.590. The van der Waals surface area contributed by atoms with Crippen molar-refractivity contribution in [1.82, 2.24) is 15.0 Å². The molecule has 0 radical (unpaired) electrons. The summed E-state index contributed by atoms with van der Waals surface area (Å²) in [6.07, 6.45) is 6.02. The van der Waals surface area contributed by atoms with Crippen molar-refractivity contribution in [3.63, 3.8) is 0 Å². The molecule has 1 atom stereocenters. The standard InChI is InChI=1S/C16H20FN3O2/c1-2-16(21,11-20-8-7-18-19-20)14-6-5-13(17)9-15(14)22-10-12-3-4-12/h5-9,12,21H,2-4,10-11H2,1H3. The van der Waals surface area contributed by atoms with Crippen molar-refractivity contribution in [2.75, 3.05) is 6.61 Å². The molecule has 1 aromatic carbocycles. The summed E-state index contributed by atoms with van der Waals surface area (Å²) in [6.45, 7) is 2.69. The van der Waals surface area contributed by atoms with Crippen LogP contribution in [0.2, 0.25) is 0 Å². The molecular weight excluding hydrogens is 285 g/mol. The van der Waals surface area contributed by atoms with Gasteiger partial charge < -0.3 is 9.84 Å². The van der Waals surface area contributed by atoms with Gasteiger partial charge in [-0.2, -0.15) is 0 Å². The van der Waals surface area contributed by atoms with E-state index >= 15 is 0 Å². The smallest absolute Gasteiger partial charge is 0.128 e. The Morgan fingerprint density at radius 3 is 2.91 bits per heavy atom. The molecule has 2 aromatic rings. The Hall–Kier alpha value is -1.95. The Kier molecular flexibility index (Phi) is 4.11. The predicted octanol–water partition coefficient (Wildman–Crippen LogP) is 2.50. The van der Waals surface area contributed by atoms with Crippen LogP contribution in [-0.2, 0) is 12.1 Å². The fourth-order valence-electron chi connectivity index (χ4n) is 2.46. The summed E-state index contributed by atoms with van der Waals surface area (Å²) in [4.78, 5) is 0. The van der Waals surface area contributed by atoms with Crippen LogP contribution in [0.1, 0.15) is 31.7 Å². The third-order valence-electron chi connectivity index (χ3n) is 4.10. The highest BCUT2D eigenvalue weighted by atomic mass is 19.1. The van der Waals surface area contributed by atoms with E-state index < -0.39 is 5.60 Å². The lowest BCUT2D eigenvalue weighted by Crippen LogP contribution is -2.31. The average molecular weight is 305 g/mol. The van der Waals surface area contributed by atoms with Crippen molar-refractivity contribution in [2.45, 2.75) is 38.3 Å². The van der Waals surface area contributed by atoms with E-state index in [1.165, 1.54) is 12.1 Å². The highest BCUT2D eigenvalue weighted by Crippen LogP contribution is 2.36. The molecule has 1 N–H and O–H groups in total. The van der Waals surface area contributed by atoms with Crippen LogP contribution in [0, 0.1) is 11.7 Å². The second kappa shape index (κ2) is 6.04. The first-order chi connectivity index (χ1) is 10.6. The van der Waals surface area contributed by atoms with E-state index in [0.717, 1.165) is 12.8 Å². The van der Waals surface area contributed by atoms with Crippen LogP contribution in [0.15, 0.2) is 30.6 Å². The van der Waals surface area contributed by atoms with Crippen molar-refractivity contribution in [2.24, 2.45) is 5.92 Å². The van der Waals surface area contributed by atoms with Gasteiger partial charge in [0.1, 0.15) is 17.2 Å². The van der Waals surface area contributed by atoms with Crippen molar-refractivity contribution in [3.8, 4) is 5.75 Å². The lowest BCUT2D eigenvalue weighted by molar-refractivity contribution is 0.00775. The zero-order valence-corrected chi connectivity index (χ0v) is 12.6. The maximum Gasteiger partial charge on any atom is 0.128 e. The van der Waals surface area contributed by atoms with Gasteiger partial charge in [0.15, 0.2) is 0 Å². The van der Waals surface area contributed by atoms with Gasteiger partial charge in [0.25, 0.3) is 0 Å². The Morgan fingerprint density at radius 2 is 2.27 bits per heavy atom. The number of benzene rings is 1. The minimum Gasteiger partial charge on any atom is -0.493 e. The molecule has 0 amide bonds. The monoisotopic (exact) mass is 305 g/mol. The van der Waals surface area contributed by atoms with Gasteiger partial charge in [0.2, 0.25) is 0 Å². The van der Waals surface area contributed by atoms with Crippen molar-refractivity contribution in [1.29, 1.82) is 0 Å². The minimum absolute atomic E-state index is 0.245. The Morgan fingerprint density at radius 1 is 1.45 bits per heavy atom. The van der Waals surface area contributed by atoms with E-state index in [1.807, 2.05) is 6.92 Å². The second-order valence-corrected chi connectivity index (χ2v) is 5.88. The molecule has 1 heterocycles. The molecule has 1 aliphatic rings. The Labute approximate surface area is 128 Å². The number of halogens is 1. The number of nitrogens with zero attached hydrogens (tertiary/aromatic N) is 3. The molecule has 5 nitrogen and oxygen atoms in total. The van der Waals surface area contributed by atoms with Crippen molar-refractivity contribution < 1.29 is 14.2 Å². The van der Waals surface area contributed by atoms with E-state index in [2.05, 4.69) is 10.3 Å². The highest BCUT2D eigenvalue weighted by molar-refractivity contribution is 5.38. The van der Waals surface area contributed by atoms with Gasteiger partial charge in [-0.1, -0.05) is 12.1 Å². The lowest BCUT2D eigenvalue weighted by atomic mass is 9.90. The molecule has 3 rings (SSSR count). The maximum absolute atomic E-state index is 13.6. The van der Waals surface area contributed by atoms with Gasteiger partial charge in [-0.3, -0.25) is 0 Å². The first kappa shape index (κ1) is 15.0. The first-order valence-electron chi connectivity index (χ1n) is 7.60. The van der Waals surface area contributed by atoms with Crippen LogP contribution >= 0.6 is 0 Å². The van der Waals surface area contributed by atoms with E-state index in [0.29, 0.717) is 30.3 Å². The van der Waals surface area contributed by atoms with Gasteiger partial charge in [-0.15, -0.1) is 5.10 Å². The summed E-state index contributed by atoms with van der Waals surface area (Å²) in [5, 5.41) is 18.7. The molecule has 6 heteroatoms. The zero-order chi connectivity index (χ0) is 15.6. The fraction of sp³-hybridized carbons (Fsp3) is 0.500. The normalized spacial score (nSPS) is 17.2. The summed E-state index contributed by atoms with van der Waals surface area (Å²) in [6, 6.07) is 4.29. The van der Waals surface area contributed by atoms with E-state index in [1.54, 1.807) is 23.1 Å². The summed E-state index contributed by atoms with van der Waals surface area (Å²) in [5.74, 6) is 0.603. The number of rotatable bonds is 7. The maximum atomic E-state index is 13.6. The molecule has 0 bridgehead atoms. The molecule has 0 spiro atoms. The Balaban J connectivity index is 1.88. The molecule has 0 aliphatic heterocycles. The van der Waals surface area contributed by atoms with E-state index in [4.69, 9.17) is 4.74 Å². The molecule has 1 aromatic heterocycles. The SMILES string of the molecule is CCC(O)(Cn1ccnn1)c1ccc(F)cc1OCC1CC1. The predicted molar refractivity (Wildman–Crippen MR) is 78.8 cm³/mol. The van der Waals surface area contributed by atoms with Crippen LogP contribution in [0.25, 0.3) is 0 Å². The molecule has 0 saturated heterocycles. The largest absolute Gasteiger partial charge is 0.493 e. The fourth-order valence-corrected chi connectivity index (χ4v) is 2.46. The molecule has 1 fully saturated rings. The summed E-state index contributed by atoms with van der Waals surface area (Å²) >= 11 is 0. The topological polar surface area (TPSA) is 60.2 Å². The second-order valence-electron chi connectivity index (χ2n) is 5.88. The highest BCUT2D eigenvalue weighted by Gasteiger charge is 2.32. The van der Waals surface area contributed by atoms with Crippen LogP contribution in [0.3, 0.4) is 0 Å². The molecule has 1 saturated carbocycles. The van der Waals surface area contributed by atoms with Crippen LogP contribution in [0.4, 0.5) is 4.39 Å². The summed E-state index contributed by atoms with van der Waals surface area (Å²) in [7, 11) is 0. The van der Waals surface area contributed by atoms with Gasteiger partial charge in [0, 0.05) is 17.8 Å². The number of ether oxygens (including phenoxy) is 1. The minimum atomic E-state index is -1.18. The Bertz CT molecular complexity index is 628. The molecule has 1 aliphatic carbocycles. The molecule has 118 valence electrons. The first-order valence-corrected chi connectivity index (χ1v) is 7.60. The van der Waals surface area contributed by atoms with Gasteiger partial charge in [-0.25, -0.2) is 9.07 Å². The molecular formula is C16H20FN3O2. The molecule has 1 unspecified atom stereocenters. The third kappa shape index (κ3) is 3.27. The van der Waals surface area contributed by atoms with Crippen molar-refractivity contribution in [3.05, 3.63) is 42.0 Å². The quantitative estimate of drug-likeness (QED) is 0.854. The average Bonchev–Trinajstić information content (AvgIpc) is 3.21. The van der Waals surface area contributed by atoms with Crippen LogP contribution in [-0.4, -0.2) is 26.7 Å². The van der Waals surface area contributed by atoms with Crippen LogP contribution < -0.4 is 4.74 Å². The van der Waals surface area contributed by atoms with Gasteiger partial charge in [0.05, 0.1) is 19.3 Å². The van der Waals surface area contributed by atoms with E-state index in [-0.39, 0.29) is 12.4 Å². The third-order valence-corrected chi connectivity index (χ3v) is 4.10. The van der Waals surface area contributed by atoms with Gasteiger partial charge in [-0.05, 0) is 37.3 Å². The zero-order valence-electron chi connectivity index (χ0n) is 12.6.